The zero-order valence-electron chi connectivity index (χ0n) is 14.6. The first-order chi connectivity index (χ1) is 12.9. The van der Waals surface area contributed by atoms with Crippen LogP contribution in [0.25, 0.3) is 10.9 Å². The van der Waals surface area contributed by atoms with Crippen molar-refractivity contribution in [2.45, 2.75) is 13.5 Å². The Kier molecular flexibility index (Phi) is 5.14. The van der Waals surface area contributed by atoms with Crippen molar-refractivity contribution in [3.8, 4) is 0 Å². The van der Waals surface area contributed by atoms with Crippen LogP contribution >= 0.6 is 12.2 Å². The number of allylic oxidation sites excluding steroid dienone is 1. The Bertz CT molecular complexity index is 1170. The number of rotatable bonds is 5. The zero-order chi connectivity index (χ0) is 19.6. The maximum atomic E-state index is 12.5. The van der Waals surface area contributed by atoms with Crippen LogP contribution in [0, 0.1) is 4.77 Å². The highest BCUT2D eigenvalue weighted by molar-refractivity contribution is 7.71. The topological polar surface area (TPSA) is 84.0 Å². The van der Waals surface area contributed by atoms with Crippen molar-refractivity contribution in [3.63, 3.8) is 0 Å². The molecule has 0 spiro atoms. The second-order valence-electron chi connectivity index (χ2n) is 5.98. The molecular weight excluding hydrogens is 362 g/mol. The first kappa shape index (κ1) is 18.5. The Morgan fingerprint density at radius 2 is 1.85 bits per heavy atom. The number of ketones is 1. The van der Waals surface area contributed by atoms with Gasteiger partial charge in [0, 0.05) is 23.4 Å². The largest absolute Gasteiger partial charge is 0.332 e. The Morgan fingerprint density at radius 1 is 1.19 bits per heavy atom. The number of benzene rings is 2. The number of anilines is 1. The van der Waals surface area contributed by atoms with E-state index in [2.05, 4.69) is 16.9 Å². The normalized spacial score (nSPS) is 10.6. The number of aromatic nitrogens is 2. The molecule has 0 atom stereocenters. The fourth-order valence-corrected chi connectivity index (χ4v) is 2.95. The predicted molar refractivity (Wildman–Crippen MR) is 108 cm³/mol. The minimum Gasteiger partial charge on any atom is -0.332 e. The fourth-order valence-electron chi connectivity index (χ4n) is 2.68. The summed E-state index contributed by atoms with van der Waals surface area (Å²) in [4.78, 5) is 39.3. The van der Waals surface area contributed by atoms with Crippen LogP contribution in [0.2, 0.25) is 0 Å². The van der Waals surface area contributed by atoms with E-state index >= 15 is 0 Å². The lowest BCUT2D eigenvalue weighted by molar-refractivity contribution is 0.101. The van der Waals surface area contributed by atoms with E-state index in [-0.39, 0.29) is 22.0 Å². The van der Waals surface area contributed by atoms with E-state index in [4.69, 9.17) is 12.2 Å². The monoisotopic (exact) mass is 379 g/mol. The molecule has 0 aliphatic heterocycles. The van der Waals surface area contributed by atoms with E-state index in [9.17, 15) is 14.4 Å². The summed E-state index contributed by atoms with van der Waals surface area (Å²) >= 11 is 5.21. The van der Waals surface area contributed by atoms with Crippen molar-refractivity contribution in [1.82, 2.24) is 9.55 Å². The van der Waals surface area contributed by atoms with E-state index in [1.54, 1.807) is 48.5 Å². The average molecular weight is 379 g/mol. The van der Waals surface area contributed by atoms with Crippen molar-refractivity contribution >= 4 is 40.5 Å². The van der Waals surface area contributed by atoms with E-state index in [1.807, 2.05) is 0 Å². The molecule has 3 rings (SSSR count). The SMILES string of the molecule is C=CCn1c(=S)[nH]c2cc(C(=O)Nc3ccc(C(C)=O)cc3)ccc2c1=O. The van der Waals surface area contributed by atoms with Crippen molar-refractivity contribution in [1.29, 1.82) is 0 Å². The van der Waals surface area contributed by atoms with Gasteiger partial charge in [0.15, 0.2) is 10.6 Å². The minimum atomic E-state index is -0.331. The Labute approximate surface area is 160 Å². The van der Waals surface area contributed by atoms with Crippen molar-refractivity contribution in [3.05, 3.63) is 81.4 Å². The molecule has 1 aromatic heterocycles. The number of nitrogens with one attached hydrogen (secondary N) is 2. The van der Waals surface area contributed by atoms with Crippen molar-refractivity contribution in [2.75, 3.05) is 5.32 Å². The van der Waals surface area contributed by atoms with Gasteiger partial charge in [0.2, 0.25) is 0 Å². The van der Waals surface area contributed by atoms with Crippen LogP contribution < -0.4 is 10.9 Å². The summed E-state index contributed by atoms with van der Waals surface area (Å²) in [7, 11) is 0. The molecule has 136 valence electrons. The van der Waals surface area contributed by atoms with Crippen molar-refractivity contribution in [2.24, 2.45) is 0 Å². The lowest BCUT2D eigenvalue weighted by atomic mass is 10.1. The smallest absolute Gasteiger partial charge is 0.262 e. The maximum absolute atomic E-state index is 12.5. The molecule has 0 fully saturated rings. The third-order valence-corrected chi connectivity index (χ3v) is 4.43. The number of H-pyrrole nitrogens is 1. The minimum absolute atomic E-state index is 0.0419. The molecule has 0 bridgehead atoms. The summed E-state index contributed by atoms with van der Waals surface area (Å²) in [6.45, 7) is 5.41. The molecular formula is C20H17N3O3S. The van der Waals surface area contributed by atoms with E-state index < -0.39 is 0 Å². The van der Waals surface area contributed by atoms with Gasteiger partial charge < -0.3 is 10.3 Å². The van der Waals surface area contributed by atoms with Crippen LogP contribution in [0.5, 0.6) is 0 Å². The summed E-state index contributed by atoms with van der Waals surface area (Å²) in [5.41, 5.74) is 1.77. The number of carbonyl (C=O) groups excluding carboxylic acids is 2. The number of Topliss-reactive ketones (excluding diaryl/α,β-unsaturated/α-hetero) is 1. The molecule has 1 heterocycles. The van der Waals surface area contributed by atoms with Crippen LogP contribution in [-0.2, 0) is 6.54 Å². The van der Waals surface area contributed by atoms with E-state index in [0.29, 0.717) is 34.3 Å². The molecule has 0 radical (unpaired) electrons. The number of nitrogens with zero attached hydrogens (tertiary/aromatic N) is 1. The molecule has 27 heavy (non-hydrogen) atoms. The first-order valence-corrected chi connectivity index (χ1v) is 8.61. The van der Waals surface area contributed by atoms with Gasteiger partial charge >= 0.3 is 0 Å². The Hall–Kier alpha value is -3.32. The van der Waals surface area contributed by atoms with Crippen LogP contribution in [0.1, 0.15) is 27.6 Å². The van der Waals surface area contributed by atoms with Gasteiger partial charge in [-0.1, -0.05) is 6.08 Å². The number of amides is 1. The molecule has 2 aromatic carbocycles. The van der Waals surface area contributed by atoms with Gasteiger partial charge in [-0.25, -0.2) is 0 Å². The summed E-state index contributed by atoms with van der Waals surface area (Å²) in [6.07, 6.45) is 1.59. The number of fused-ring (bicyclic) bond motifs is 1. The highest BCUT2D eigenvalue weighted by Crippen LogP contribution is 2.15. The van der Waals surface area contributed by atoms with Crippen LogP contribution in [0.15, 0.2) is 59.9 Å². The standard InChI is InChI=1S/C20H17N3O3S/c1-3-10-23-19(26)16-9-6-14(11-17(16)22-20(23)27)18(25)21-15-7-4-13(5-8-15)12(2)24/h3-9,11H,1,10H2,2H3,(H,21,25)(H,22,27). The molecule has 0 unspecified atom stereocenters. The maximum Gasteiger partial charge on any atom is 0.262 e. The van der Waals surface area contributed by atoms with E-state index in [1.165, 1.54) is 11.5 Å². The van der Waals surface area contributed by atoms with Gasteiger partial charge in [0.05, 0.1) is 10.9 Å². The number of aromatic amines is 1. The molecule has 1 amide bonds. The summed E-state index contributed by atoms with van der Waals surface area (Å²) < 4.78 is 1.67. The van der Waals surface area contributed by atoms with Gasteiger partial charge in [0.25, 0.3) is 11.5 Å². The molecule has 0 aliphatic carbocycles. The molecule has 6 nitrogen and oxygen atoms in total. The number of hydrogen-bond acceptors (Lipinski definition) is 4. The molecule has 3 aromatic rings. The third-order valence-electron chi connectivity index (χ3n) is 4.11. The van der Waals surface area contributed by atoms with Gasteiger partial charge in [-0.15, -0.1) is 6.58 Å². The van der Waals surface area contributed by atoms with Crippen LogP contribution in [0.3, 0.4) is 0 Å². The van der Waals surface area contributed by atoms with Crippen molar-refractivity contribution < 1.29 is 9.59 Å². The van der Waals surface area contributed by atoms with Crippen LogP contribution in [-0.4, -0.2) is 21.2 Å². The number of carbonyl (C=O) groups is 2. The lowest BCUT2D eigenvalue weighted by Crippen LogP contribution is -2.22. The second-order valence-corrected chi connectivity index (χ2v) is 6.37. The molecule has 2 N–H and O–H groups in total. The molecule has 7 heteroatoms. The Balaban J connectivity index is 1.92. The average Bonchev–Trinajstić information content (AvgIpc) is 2.65. The third kappa shape index (κ3) is 3.78. The Morgan fingerprint density at radius 3 is 2.48 bits per heavy atom. The summed E-state index contributed by atoms with van der Waals surface area (Å²) in [5, 5.41) is 3.20. The molecule has 0 aliphatic rings. The zero-order valence-corrected chi connectivity index (χ0v) is 15.4. The fraction of sp³-hybridized carbons (Fsp3) is 0.100. The van der Waals surface area contributed by atoms with E-state index in [0.717, 1.165) is 0 Å². The predicted octanol–water partition coefficient (Wildman–Crippen LogP) is 3.70. The van der Waals surface area contributed by atoms with Gasteiger partial charge in [-0.3, -0.25) is 19.0 Å². The van der Waals surface area contributed by atoms with Gasteiger partial charge in [-0.05, 0) is 61.6 Å². The lowest BCUT2D eigenvalue weighted by Gasteiger charge is -2.09. The summed E-state index contributed by atoms with van der Waals surface area (Å²) in [5.74, 6) is -0.373. The van der Waals surface area contributed by atoms with Crippen LogP contribution in [0.4, 0.5) is 5.69 Å². The quantitative estimate of drug-likeness (QED) is 0.402. The first-order valence-electron chi connectivity index (χ1n) is 8.21. The second kappa shape index (κ2) is 7.51. The molecule has 0 saturated heterocycles. The number of hydrogen-bond donors (Lipinski definition) is 2. The highest BCUT2D eigenvalue weighted by atomic mass is 32.1. The van der Waals surface area contributed by atoms with Gasteiger partial charge in [-0.2, -0.15) is 0 Å². The molecule has 0 saturated carbocycles. The summed E-state index contributed by atoms with van der Waals surface area (Å²) in [6, 6.07) is 11.4. The highest BCUT2D eigenvalue weighted by Gasteiger charge is 2.11. The van der Waals surface area contributed by atoms with Gasteiger partial charge in [0.1, 0.15) is 0 Å².